The van der Waals surface area contributed by atoms with Crippen LogP contribution in [0.15, 0.2) is 29.1 Å². The van der Waals surface area contributed by atoms with Crippen LogP contribution in [0.5, 0.6) is 0 Å². The van der Waals surface area contributed by atoms with Gasteiger partial charge >= 0.3 is 0 Å². The Morgan fingerprint density at radius 1 is 1.41 bits per heavy atom. The average Bonchev–Trinajstić information content (AvgIpc) is 2.55. The molecule has 1 fully saturated rings. The lowest BCUT2D eigenvalue weighted by atomic mass is 10.1. The number of benzene rings is 1. The van der Waals surface area contributed by atoms with Crippen LogP contribution in [0.4, 0.5) is 0 Å². The van der Waals surface area contributed by atoms with Gasteiger partial charge in [-0.25, -0.2) is 4.68 Å². The predicted octanol–water partition coefficient (Wildman–Crippen LogP) is 0.0498. The Bertz CT molecular complexity index is 721. The van der Waals surface area contributed by atoms with Gasteiger partial charge in [0.25, 0.3) is 5.56 Å². The van der Waals surface area contributed by atoms with E-state index in [0.717, 1.165) is 25.9 Å². The van der Waals surface area contributed by atoms with Crippen LogP contribution in [0, 0.1) is 0 Å². The molecule has 1 aromatic heterocycles. The summed E-state index contributed by atoms with van der Waals surface area (Å²) >= 11 is 0. The van der Waals surface area contributed by atoms with E-state index in [1.807, 2.05) is 6.07 Å². The molecule has 116 valence electrons. The maximum atomic E-state index is 12.2. The van der Waals surface area contributed by atoms with E-state index in [1.165, 1.54) is 4.68 Å². The van der Waals surface area contributed by atoms with Gasteiger partial charge in [-0.3, -0.25) is 9.59 Å². The topological polar surface area (TPSA) is 88.9 Å². The summed E-state index contributed by atoms with van der Waals surface area (Å²) in [6.45, 7) is 2.05. The first-order chi connectivity index (χ1) is 10.7. The zero-order valence-corrected chi connectivity index (χ0v) is 12.3. The van der Waals surface area contributed by atoms with E-state index in [1.54, 1.807) is 18.2 Å². The first-order valence-electron chi connectivity index (χ1n) is 7.56. The van der Waals surface area contributed by atoms with E-state index in [0.29, 0.717) is 10.9 Å². The van der Waals surface area contributed by atoms with Gasteiger partial charge in [0.05, 0.1) is 11.9 Å². The van der Waals surface area contributed by atoms with Crippen LogP contribution in [0.1, 0.15) is 19.3 Å². The summed E-state index contributed by atoms with van der Waals surface area (Å²) in [4.78, 5) is 24.2. The minimum atomic E-state index is -0.210. The maximum Gasteiger partial charge on any atom is 0.277 e. The normalized spacial score (nSPS) is 18.3. The SMILES string of the molecule is O=C(CCn1nnc2ccccc2c1=O)N[C@H]1CCCNC1. The lowest BCUT2D eigenvalue weighted by Crippen LogP contribution is -2.45. The molecule has 1 aromatic carbocycles. The van der Waals surface area contributed by atoms with E-state index in [2.05, 4.69) is 20.9 Å². The maximum absolute atomic E-state index is 12.2. The van der Waals surface area contributed by atoms with Crippen molar-refractivity contribution in [2.45, 2.75) is 31.8 Å². The number of amides is 1. The molecule has 22 heavy (non-hydrogen) atoms. The molecule has 0 aliphatic carbocycles. The van der Waals surface area contributed by atoms with Gasteiger partial charge in [-0.15, -0.1) is 5.10 Å². The number of nitrogens with zero attached hydrogens (tertiary/aromatic N) is 3. The number of fused-ring (bicyclic) bond motifs is 1. The highest BCUT2D eigenvalue weighted by Gasteiger charge is 2.15. The van der Waals surface area contributed by atoms with Crippen molar-refractivity contribution in [3.63, 3.8) is 0 Å². The number of carbonyl (C=O) groups is 1. The molecule has 7 nitrogen and oxygen atoms in total. The van der Waals surface area contributed by atoms with E-state index >= 15 is 0 Å². The summed E-state index contributed by atoms with van der Waals surface area (Å²) < 4.78 is 1.25. The molecule has 1 aliphatic heterocycles. The standard InChI is InChI=1S/C15H19N5O2/c21-14(17-11-4-3-8-16-10-11)7-9-20-15(22)12-5-1-2-6-13(12)18-19-20/h1-2,5-6,11,16H,3-4,7-10H2,(H,17,21)/t11-/m0/s1. The van der Waals surface area contributed by atoms with Crippen molar-refractivity contribution < 1.29 is 4.79 Å². The summed E-state index contributed by atoms with van der Waals surface area (Å²) in [6, 6.07) is 7.25. The molecule has 1 atom stereocenters. The molecule has 3 rings (SSSR count). The van der Waals surface area contributed by atoms with Gasteiger partial charge in [-0.1, -0.05) is 17.3 Å². The van der Waals surface area contributed by atoms with Gasteiger partial charge in [-0.05, 0) is 31.5 Å². The van der Waals surface area contributed by atoms with Crippen LogP contribution >= 0.6 is 0 Å². The lowest BCUT2D eigenvalue weighted by molar-refractivity contribution is -0.122. The molecule has 2 aromatic rings. The molecule has 2 N–H and O–H groups in total. The highest BCUT2D eigenvalue weighted by Crippen LogP contribution is 2.04. The van der Waals surface area contributed by atoms with Gasteiger partial charge < -0.3 is 10.6 Å². The van der Waals surface area contributed by atoms with Crippen LogP contribution in [0.25, 0.3) is 10.9 Å². The second-order valence-electron chi connectivity index (χ2n) is 5.50. The third-order valence-corrected chi connectivity index (χ3v) is 3.84. The summed E-state index contributed by atoms with van der Waals surface area (Å²) in [7, 11) is 0. The zero-order valence-electron chi connectivity index (χ0n) is 12.3. The first-order valence-corrected chi connectivity index (χ1v) is 7.56. The minimum absolute atomic E-state index is 0.0597. The Morgan fingerprint density at radius 2 is 2.27 bits per heavy atom. The van der Waals surface area contributed by atoms with Crippen LogP contribution in [-0.2, 0) is 11.3 Å². The number of rotatable bonds is 4. The van der Waals surface area contributed by atoms with Crippen molar-refractivity contribution in [1.82, 2.24) is 25.6 Å². The molecule has 2 heterocycles. The van der Waals surface area contributed by atoms with Crippen molar-refractivity contribution >= 4 is 16.8 Å². The van der Waals surface area contributed by atoms with Gasteiger partial charge in [0.1, 0.15) is 5.52 Å². The number of aryl methyl sites for hydroxylation is 1. The van der Waals surface area contributed by atoms with Gasteiger partial charge in [-0.2, -0.15) is 0 Å². The Labute approximate surface area is 127 Å². The van der Waals surface area contributed by atoms with Crippen molar-refractivity contribution in [2.75, 3.05) is 13.1 Å². The highest BCUT2D eigenvalue weighted by atomic mass is 16.2. The number of piperidine rings is 1. The van der Waals surface area contributed by atoms with Gasteiger partial charge in [0, 0.05) is 19.0 Å². The third-order valence-electron chi connectivity index (χ3n) is 3.84. The monoisotopic (exact) mass is 301 g/mol. The van der Waals surface area contributed by atoms with Crippen LogP contribution < -0.4 is 16.2 Å². The first kappa shape index (κ1) is 14.6. The van der Waals surface area contributed by atoms with Crippen molar-refractivity contribution in [1.29, 1.82) is 0 Å². The molecule has 7 heteroatoms. The number of aromatic nitrogens is 3. The Morgan fingerprint density at radius 3 is 3.09 bits per heavy atom. The second kappa shape index (κ2) is 6.65. The van der Waals surface area contributed by atoms with Gasteiger partial charge in [0.2, 0.25) is 5.91 Å². The van der Waals surface area contributed by atoms with Crippen molar-refractivity contribution in [2.24, 2.45) is 0 Å². The summed E-state index contributed by atoms with van der Waals surface area (Å²) in [5.74, 6) is -0.0597. The molecular weight excluding hydrogens is 282 g/mol. The van der Waals surface area contributed by atoms with E-state index in [4.69, 9.17) is 0 Å². The number of hydrogen-bond donors (Lipinski definition) is 2. The quantitative estimate of drug-likeness (QED) is 0.833. The molecule has 0 spiro atoms. The molecule has 0 saturated carbocycles. The van der Waals surface area contributed by atoms with E-state index in [-0.39, 0.29) is 30.5 Å². The largest absolute Gasteiger partial charge is 0.352 e. The Kier molecular flexibility index (Phi) is 4.43. The fourth-order valence-electron chi connectivity index (χ4n) is 2.65. The predicted molar refractivity (Wildman–Crippen MR) is 82.4 cm³/mol. The number of hydrogen-bond acceptors (Lipinski definition) is 5. The van der Waals surface area contributed by atoms with Crippen molar-refractivity contribution in [3.8, 4) is 0 Å². The summed E-state index contributed by atoms with van der Waals surface area (Å²) in [6.07, 6.45) is 2.29. The smallest absolute Gasteiger partial charge is 0.277 e. The molecule has 1 amide bonds. The Balaban J connectivity index is 1.62. The molecule has 0 radical (unpaired) electrons. The number of carbonyl (C=O) groups excluding carboxylic acids is 1. The van der Waals surface area contributed by atoms with E-state index < -0.39 is 0 Å². The molecule has 0 unspecified atom stereocenters. The molecule has 1 aliphatic rings. The van der Waals surface area contributed by atoms with Crippen molar-refractivity contribution in [3.05, 3.63) is 34.6 Å². The Hall–Kier alpha value is -2.28. The molecule has 0 bridgehead atoms. The zero-order chi connectivity index (χ0) is 15.4. The highest BCUT2D eigenvalue weighted by molar-refractivity contribution is 5.77. The molecule has 1 saturated heterocycles. The summed E-state index contributed by atoms with van der Waals surface area (Å²) in [5, 5.41) is 14.6. The number of nitrogens with one attached hydrogen (secondary N) is 2. The third kappa shape index (κ3) is 3.30. The van der Waals surface area contributed by atoms with Crippen LogP contribution in [-0.4, -0.2) is 40.0 Å². The second-order valence-corrected chi connectivity index (χ2v) is 5.50. The molecular formula is C15H19N5O2. The fourth-order valence-corrected chi connectivity index (χ4v) is 2.65. The summed E-state index contributed by atoms with van der Waals surface area (Å²) in [5.41, 5.74) is 0.360. The van der Waals surface area contributed by atoms with Crippen LogP contribution in [0.2, 0.25) is 0 Å². The van der Waals surface area contributed by atoms with E-state index in [9.17, 15) is 9.59 Å². The lowest BCUT2D eigenvalue weighted by Gasteiger charge is -2.23. The average molecular weight is 301 g/mol. The van der Waals surface area contributed by atoms with Crippen LogP contribution in [0.3, 0.4) is 0 Å². The minimum Gasteiger partial charge on any atom is -0.352 e. The fraction of sp³-hybridized carbons (Fsp3) is 0.467. The van der Waals surface area contributed by atoms with Gasteiger partial charge in [0.15, 0.2) is 0 Å².